The SMILES string of the molecule is CCOc1ccccc1CCNC(=O)CCS/C=C\c1ccccc1. The maximum absolute atomic E-state index is 11.9. The van der Waals surface area contributed by atoms with E-state index in [2.05, 4.69) is 23.5 Å². The number of benzene rings is 2. The average molecular weight is 356 g/mol. The molecule has 0 fully saturated rings. The molecule has 0 aliphatic carbocycles. The summed E-state index contributed by atoms with van der Waals surface area (Å²) in [6, 6.07) is 18.1. The molecule has 0 unspecified atom stereocenters. The van der Waals surface area contributed by atoms with Gasteiger partial charge in [-0.05, 0) is 42.0 Å². The monoisotopic (exact) mass is 355 g/mol. The van der Waals surface area contributed by atoms with E-state index < -0.39 is 0 Å². The van der Waals surface area contributed by atoms with Gasteiger partial charge >= 0.3 is 0 Å². The Bertz CT molecular complexity index is 671. The molecule has 3 nitrogen and oxygen atoms in total. The van der Waals surface area contributed by atoms with Gasteiger partial charge in [0.05, 0.1) is 6.61 Å². The lowest BCUT2D eigenvalue weighted by Crippen LogP contribution is -2.26. The standard InChI is InChI=1S/C21H25NO2S/c1-2-24-20-11-7-6-10-19(20)12-15-22-21(23)14-17-25-16-13-18-8-4-3-5-9-18/h3-11,13,16H,2,12,14-15,17H2,1H3,(H,22,23)/b16-13-. The van der Waals surface area contributed by atoms with Crippen molar-refractivity contribution in [1.82, 2.24) is 5.32 Å². The van der Waals surface area contributed by atoms with Gasteiger partial charge in [0.2, 0.25) is 5.91 Å². The number of carbonyl (C=O) groups excluding carboxylic acids is 1. The zero-order chi connectivity index (χ0) is 17.7. The van der Waals surface area contributed by atoms with Crippen molar-refractivity contribution in [2.45, 2.75) is 19.8 Å². The van der Waals surface area contributed by atoms with Crippen LogP contribution in [0, 0.1) is 0 Å². The summed E-state index contributed by atoms with van der Waals surface area (Å²) in [5, 5.41) is 5.02. The van der Waals surface area contributed by atoms with E-state index in [0.717, 1.165) is 23.5 Å². The molecule has 0 heterocycles. The molecular formula is C21H25NO2S. The Kier molecular flexibility index (Phi) is 8.70. The fourth-order valence-corrected chi connectivity index (χ4v) is 3.03. The molecule has 0 atom stereocenters. The summed E-state index contributed by atoms with van der Waals surface area (Å²) in [7, 11) is 0. The van der Waals surface area contributed by atoms with E-state index in [1.165, 1.54) is 5.56 Å². The highest BCUT2D eigenvalue weighted by atomic mass is 32.2. The van der Waals surface area contributed by atoms with E-state index in [1.807, 2.05) is 54.8 Å². The van der Waals surface area contributed by atoms with Crippen molar-refractivity contribution < 1.29 is 9.53 Å². The van der Waals surface area contributed by atoms with Crippen molar-refractivity contribution in [2.75, 3.05) is 18.9 Å². The van der Waals surface area contributed by atoms with Gasteiger partial charge in [0.25, 0.3) is 0 Å². The first-order valence-electron chi connectivity index (χ1n) is 8.60. The van der Waals surface area contributed by atoms with Crippen LogP contribution in [0.2, 0.25) is 0 Å². The predicted octanol–water partition coefficient (Wildman–Crippen LogP) is 4.54. The largest absolute Gasteiger partial charge is 0.494 e. The van der Waals surface area contributed by atoms with E-state index in [0.29, 0.717) is 19.6 Å². The summed E-state index contributed by atoms with van der Waals surface area (Å²) in [5.41, 5.74) is 2.30. The second-order valence-electron chi connectivity index (χ2n) is 5.47. The van der Waals surface area contributed by atoms with Crippen molar-refractivity contribution in [3.63, 3.8) is 0 Å². The summed E-state index contributed by atoms with van der Waals surface area (Å²) in [4.78, 5) is 11.9. The number of rotatable bonds is 10. The number of amides is 1. The van der Waals surface area contributed by atoms with Gasteiger partial charge < -0.3 is 10.1 Å². The lowest BCUT2D eigenvalue weighted by atomic mass is 10.1. The molecule has 0 spiro atoms. The molecular weight excluding hydrogens is 330 g/mol. The van der Waals surface area contributed by atoms with E-state index in [9.17, 15) is 4.79 Å². The molecule has 0 saturated heterocycles. The van der Waals surface area contributed by atoms with Gasteiger partial charge in [-0.15, -0.1) is 11.8 Å². The molecule has 2 aromatic carbocycles. The van der Waals surface area contributed by atoms with Gasteiger partial charge in [0.1, 0.15) is 5.75 Å². The molecule has 132 valence electrons. The summed E-state index contributed by atoms with van der Waals surface area (Å²) in [5.74, 6) is 1.78. The Morgan fingerprint density at radius 2 is 1.88 bits per heavy atom. The van der Waals surface area contributed by atoms with Crippen molar-refractivity contribution >= 4 is 23.7 Å². The Morgan fingerprint density at radius 3 is 2.68 bits per heavy atom. The summed E-state index contributed by atoms with van der Waals surface area (Å²) < 4.78 is 5.60. The van der Waals surface area contributed by atoms with Crippen molar-refractivity contribution in [1.29, 1.82) is 0 Å². The molecule has 0 radical (unpaired) electrons. The Morgan fingerprint density at radius 1 is 1.12 bits per heavy atom. The number of hydrogen-bond acceptors (Lipinski definition) is 3. The average Bonchev–Trinajstić information content (AvgIpc) is 2.64. The first kappa shape index (κ1) is 19.1. The van der Waals surface area contributed by atoms with Gasteiger partial charge in [-0.1, -0.05) is 48.5 Å². The van der Waals surface area contributed by atoms with Crippen LogP contribution < -0.4 is 10.1 Å². The third-order valence-electron chi connectivity index (χ3n) is 3.59. The minimum absolute atomic E-state index is 0.0921. The third-order valence-corrected chi connectivity index (χ3v) is 4.36. The van der Waals surface area contributed by atoms with Crippen LogP contribution in [0.15, 0.2) is 60.0 Å². The Hall–Kier alpha value is -2.20. The van der Waals surface area contributed by atoms with E-state index >= 15 is 0 Å². The highest BCUT2D eigenvalue weighted by Gasteiger charge is 2.04. The normalized spacial score (nSPS) is 10.8. The number of thioether (sulfide) groups is 1. The third kappa shape index (κ3) is 7.48. The van der Waals surface area contributed by atoms with Gasteiger partial charge in [0.15, 0.2) is 0 Å². The molecule has 0 aliphatic rings. The van der Waals surface area contributed by atoms with Crippen molar-refractivity contribution in [2.24, 2.45) is 0 Å². The molecule has 0 saturated carbocycles. The summed E-state index contributed by atoms with van der Waals surface area (Å²) in [6.45, 7) is 3.26. The van der Waals surface area contributed by atoms with Crippen LogP contribution in [0.3, 0.4) is 0 Å². The Labute approximate surface area is 154 Å². The number of ether oxygens (including phenoxy) is 1. The quantitative estimate of drug-likeness (QED) is 0.636. The smallest absolute Gasteiger partial charge is 0.220 e. The van der Waals surface area contributed by atoms with Crippen LogP contribution in [0.5, 0.6) is 5.75 Å². The summed E-state index contributed by atoms with van der Waals surface area (Å²) in [6.07, 6.45) is 3.37. The van der Waals surface area contributed by atoms with Crippen LogP contribution in [-0.4, -0.2) is 24.8 Å². The zero-order valence-electron chi connectivity index (χ0n) is 14.6. The van der Waals surface area contributed by atoms with Gasteiger partial charge in [-0.25, -0.2) is 0 Å². The molecule has 0 aliphatic heterocycles. The number of carbonyl (C=O) groups is 1. The maximum atomic E-state index is 11.9. The Balaban J connectivity index is 1.62. The second-order valence-corrected chi connectivity index (χ2v) is 6.49. The summed E-state index contributed by atoms with van der Waals surface area (Å²) >= 11 is 1.65. The minimum atomic E-state index is 0.0921. The van der Waals surface area contributed by atoms with Crippen LogP contribution in [0.4, 0.5) is 0 Å². The van der Waals surface area contributed by atoms with Gasteiger partial charge in [-0.2, -0.15) is 0 Å². The van der Waals surface area contributed by atoms with Crippen LogP contribution in [-0.2, 0) is 11.2 Å². The number of para-hydroxylation sites is 1. The first-order chi connectivity index (χ1) is 12.3. The maximum Gasteiger partial charge on any atom is 0.220 e. The molecule has 2 rings (SSSR count). The predicted molar refractivity (Wildman–Crippen MR) is 107 cm³/mol. The molecule has 25 heavy (non-hydrogen) atoms. The highest BCUT2D eigenvalue weighted by Crippen LogP contribution is 2.18. The highest BCUT2D eigenvalue weighted by molar-refractivity contribution is 8.02. The zero-order valence-corrected chi connectivity index (χ0v) is 15.4. The fraction of sp³-hybridized carbons (Fsp3) is 0.286. The topological polar surface area (TPSA) is 38.3 Å². The van der Waals surface area contributed by atoms with Crippen molar-refractivity contribution in [3.8, 4) is 5.75 Å². The first-order valence-corrected chi connectivity index (χ1v) is 9.65. The second kappa shape index (κ2) is 11.4. The van der Waals surface area contributed by atoms with Gasteiger partial charge in [-0.3, -0.25) is 4.79 Å². The lowest BCUT2D eigenvalue weighted by molar-refractivity contribution is -0.120. The van der Waals surface area contributed by atoms with E-state index in [4.69, 9.17) is 4.74 Å². The molecule has 1 N–H and O–H groups in total. The molecule has 1 amide bonds. The van der Waals surface area contributed by atoms with Crippen LogP contribution >= 0.6 is 11.8 Å². The molecule has 4 heteroatoms. The molecule has 0 bridgehead atoms. The number of nitrogens with one attached hydrogen (secondary N) is 1. The van der Waals surface area contributed by atoms with Gasteiger partial charge in [0, 0.05) is 18.7 Å². The van der Waals surface area contributed by atoms with E-state index in [-0.39, 0.29) is 5.91 Å². The minimum Gasteiger partial charge on any atom is -0.494 e. The van der Waals surface area contributed by atoms with Crippen LogP contribution in [0.25, 0.3) is 6.08 Å². The molecule has 0 aromatic heterocycles. The number of hydrogen-bond donors (Lipinski definition) is 1. The van der Waals surface area contributed by atoms with Crippen molar-refractivity contribution in [3.05, 3.63) is 71.1 Å². The fourth-order valence-electron chi connectivity index (χ4n) is 2.34. The van der Waals surface area contributed by atoms with E-state index in [1.54, 1.807) is 11.8 Å². The van der Waals surface area contributed by atoms with Crippen LogP contribution in [0.1, 0.15) is 24.5 Å². The molecule has 2 aromatic rings. The lowest BCUT2D eigenvalue weighted by Gasteiger charge is -2.10.